The van der Waals surface area contributed by atoms with Crippen LogP contribution in [0.1, 0.15) is 15.4 Å². The fourth-order valence-electron chi connectivity index (χ4n) is 3.76. The van der Waals surface area contributed by atoms with Crippen LogP contribution < -0.4 is 10.4 Å². The fraction of sp³-hybridized carbons (Fsp3) is 0.115. The summed E-state index contributed by atoms with van der Waals surface area (Å²) in [6, 6.07) is 20.0. The van der Waals surface area contributed by atoms with Crippen LogP contribution in [0, 0.1) is 19.7 Å². The maximum absolute atomic E-state index is 14.7. The largest absolute Gasteiger partial charge is 0.297 e. The lowest BCUT2D eigenvalue weighted by molar-refractivity contribution is 0.629. The van der Waals surface area contributed by atoms with Gasteiger partial charge in [0.05, 0.1) is 23.3 Å². The molecular weight excluding hydrogens is 481 g/mol. The lowest BCUT2D eigenvalue weighted by atomic mass is 10.1. The zero-order valence-electron chi connectivity index (χ0n) is 19.3. The molecule has 2 aromatic carbocycles. The highest BCUT2D eigenvalue weighted by atomic mass is 32.1. The minimum absolute atomic E-state index is 0.235. The molecule has 3 aromatic heterocycles. The number of thiophene rings is 1. The van der Waals surface area contributed by atoms with Crippen molar-refractivity contribution in [3.05, 3.63) is 109 Å². The monoisotopic (exact) mass is 503 g/mol. The summed E-state index contributed by atoms with van der Waals surface area (Å²) in [5, 5.41) is 6.45. The Morgan fingerprint density at radius 3 is 2.43 bits per heavy atom. The number of aryl methyl sites for hydroxylation is 1. The Morgan fingerprint density at radius 1 is 0.971 bits per heavy atom. The standard InChI is InChI=1S/C26H22FN5OS2/c1-17-13-14-20(35-17)15-28-31-23(21-11-7-8-12-22(21)27)16-34-26(31)29-24-18(2)30(3)32(25(24)33)19-9-5-4-6-10-19/h4-16H,1-3H3. The zero-order valence-corrected chi connectivity index (χ0v) is 21.0. The van der Waals surface area contributed by atoms with E-state index in [9.17, 15) is 9.18 Å². The molecule has 5 aromatic rings. The van der Waals surface area contributed by atoms with Crippen LogP contribution in [-0.4, -0.2) is 20.3 Å². The average molecular weight is 504 g/mol. The van der Waals surface area contributed by atoms with Gasteiger partial charge in [0.1, 0.15) is 5.82 Å². The Bertz CT molecular complexity index is 1670. The molecule has 0 atom stereocenters. The molecule has 6 nitrogen and oxygen atoms in total. The maximum atomic E-state index is 14.7. The van der Waals surface area contributed by atoms with Gasteiger partial charge in [0, 0.05) is 27.7 Å². The lowest BCUT2D eigenvalue weighted by Gasteiger charge is -2.07. The van der Waals surface area contributed by atoms with Gasteiger partial charge >= 0.3 is 0 Å². The Morgan fingerprint density at radius 2 is 1.71 bits per heavy atom. The SMILES string of the molecule is Cc1ccc(C=Nn2c(-c3ccccc3F)csc2=Nc2c(C)n(C)n(-c3ccccc3)c2=O)s1. The Labute approximate surface area is 209 Å². The molecule has 9 heteroatoms. The summed E-state index contributed by atoms with van der Waals surface area (Å²) in [6.45, 7) is 3.88. The highest BCUT2D eigenvalue weighted by Gasteiger charge is 2.17. The summed E-state index contributed by atoms with van der Waals surface area (Å²) in [5.41, 5.74) is 2.52. The zero-order chi connectivity index (χ0) is 24.5. The van der Waals surface area contributed by atoms with Gasteiger partial charge in [-0.15, -0.1) is 22.7 Å². The maximum Gasteiger partial charge on any atom is 0.297 e. The van der Waals surface area contributed by atoms with Crippen LogP contribution in [0.15, 0.2) is 87.0 Å². The predicted octanol–water partition coefficient (Wildman–Crippen LogP) is 5.64. The van der Waals surface area contributed by atoms with Crippen LogP contribution in [0.3, 0.4) is 0 Å². The summed E-state index contributed by atoms with van der Waals surface area (Å²) in [4.78, 5) is 20.7. The van der Waals surface area contributed by atoms with Crippen molar-refractivity contribution in [1.82, 2.24) is 14.0 Å². The summed E-state index contributed by atoms with van der Waals surface area (Å²) in [6.07, 6.45) is 1.73. The molecule has 0 aliphatic heterocycles. The van der Waals surface area contributed by atoms with Gasteiger partial charge in [-0.05, 0) is 50.2 Å². The summed E-state index contributed by atoms with van der Waals surface area (Å²) in [5.74, 6) is -0.352. The van der Waals surface area contributed by atoms with E-state index in [-0.39, 0.29) is 11.4 Å². The Balaban J connectivity index is 1.71. The normalized spacial score (nSPS) is 12.2. The van der Waals surface area contributed by atoms with Crippen molar-refractivity contribution in [2.45, 2.75) is 13.8 Å². The first kappa shape index (κ1) is 22.9. The molecule has 0 radical (unpaired) electrons. The van der Waals surface area contributed by atoms with Crippen molar-refractivity contribution < 1.29 is 4.39 Å². The predicted molar refractivity (Wildman–Crippen MR) is 141 cm³/mol. The number of nitrogens with zero attached hydrogens (tertiary/aromatic N) is 5. The van der Waals surface area contributed by atoms with Crippen molar-refractivity contribution in [3.63, 3.8) is 0 Å². The molecule has 0 spiro atoms. The highest BCUT2D eigenvalue weighted by Crippen LogP contribution is 2.24. The topological polar surface area (TPSA) is 56.6 Å². The van der Waals surface area contributed by atoms with Crippen molar-refractivity contribution in [3.8, 4) is 16.9 Å². The van der Waals surface area contributed by atoms with Crippen LogP contribution in [0.25, 0.3) is 16.9 Å². The number of hydrogen-bond donors (Lipinski definition) is 0. The van der Waals surface area contributed by atoms with Crippen LogP contribution >= 0.6 is 22.7 Å². The number of aromatic nitrogens is 3. The molecule has 0 aliphatic rings. The Kier molecular flexibility index (Phi) is 6.19. The van der Waals surface area contributed by atoms with Crippen LogP contribution in [-0.2, 0) is 7.05 Å². The molecule has 0 bridgehead atoms. The molecule has 0 unspecified atom stereocenters. The third-order valence-electron chi connectivity index (χ3n) is 5.63. The van der Waals surface area contributed by atoms with Gasteiger partial charge in [-0.3, -0.25) is 9.48 Å². The molecule has 0 fully saturated rings. The van der Waals surface area contributed by atoms with Gasteiger partial charge in [0.25, 0.3) is 5.56 Å². The molecule has 0 aliphatic carbocycles. The fourth-order valence-corrected chi connectivity index (χ4v) is 5.34. The molecule has 176 valence electrons. The number of hydrogen-bond acceptors (Lipinski definition) is 5. The molecule has 35 heavy (non-hydrogen) atoms. The van der Waals surface area contributed by atoms with E-state index in [2.05, 4.69) is 5.10 Å². The van der Waals surface area contributed by atoms with E-state index < -0.39 is 0 Å². The molecule has 5 rings (SSSR count). The number of para-hydroxylation sites is 1. The van der Waals surface area contributed by atoms with Gasteiger partial charge in [0.2, 0.25) is 4.80 Å². The summed E-state index contributed by atoms with van der Waals surface area (Å²) in [7, 11) is 1.83. The number of rotatable bonds is 5. The van der Waals surface area contributed by atoms with E-state index in [1.165, 1.54) is 22.3 Å². The molecule has 3 heterocycles. The van der Waals surface area contributed by atoms with Crippen LogP contribution in [0.5, 0.6) is 0 Å². The van der Waals surface area contributed by atoms with E-state index in [1.807, 2.05) is 68.7 Å². The number of benzene rings is 2. The molecule has 0 amide bonds. The van der Waals surface area contributed by atoms with Gasteiger partial charge < -0.3 is 0 Å². The first-order valence-electron chi connectivity index (χ1n) is 10.9. The van der Waals surface area contributed by atoms with Crippen LogP contribution in [0.2, 0.25) is 0 Å². The molecule has 0 saturated carbocycles. The van der Waals surface area contributed by atoms with E-state index in [1.54, 1.807) is 49.8 Å². The molecule has 0 N–H and O–H groups in total. The van der Waals surface area contributed by atoms with E-state index in [0.29, 0.717) is 27.4 Å². The number of thiazole rings is 1. The first-order chi connectivity index (χ1) is 16.9. The quantitative estimate of drug-likeness (QED) is 0.287. The first-order valence-corrected chi connectivity index (χ1v) is 12.6. The van der Waals surface area contributed by atoms with E-state index >= 15 is 0 Å². The van der Waals surface area contributed by atoms with Crippen molar-refractivity contribution in [2.24, 2.45) is 17.1 Å². The van der Waals surface area contributed by atoms with Crippen molar-refractivity contribution >= 4 is 34.6 Å². The smallest absolute Gasteiger partial charge is 0.283 e. The second kappa shape index (κ2) is 9.44. The molecular formula is C26H22FN5OS2. The second-order valence-corrected chi connectivity index (χ2v) is 10.1. The summed E-state index contributed by atoms with van der Waals surface area (Å²) >= 11 is 2.92. The van der Waals surface area contributed by atoms with Gasteiger partial charge in [-0.2, -0.15) is 5.10 Å². The van der Waals surface area contributed by atoms with E-state index in [0.717, 1.165) is 10.6 Å². The average Bonchev–Trinajstić information content (AvgIpc) is 3.52. The van der Waals surface area contributed by atoms with Crippen molar-refractivity contribution in [2.75, 3.05) is 0 Å². The lowest BCUT2D eigenvalue weighted by Crippen LogP contribution is -2.19. The third-order valence-corrected chi connectivity index (χ3v) is 7.38. The van der Waals surface area contributed by atoms with E-state index in [4.69, 9.17) is 4.99 Å². The van der Waals surface area contributed by atoms with Gasteiger partial charge in [-0.1, -0.05) is 30.3 Å². The van der Waals surface area contributed by atoms with Gasteiger partial charge in [0.15, 0.2) is 5.69 Å². The van der Waals surface area contributed by atoms with Crippen molar-refractivity contribution in [1.29, 1.82) is 0 Å². The van der Waals surface area contributed by atoms with Gasteiger partial charge in [-0.25, -0.2) is 18.7 Å². The molecule has 0 saturated heterocycles. The number of halogens is 1. The van der Waals surface area contributed by atoms with Crippen LogP contribution in [0.4, 0.5) is 10.1 Å². The third kappa shape index (κ3) is 4.36. The minimum atomic E-state index is -0.352. The Hall–Kier alpha value is -3.82. The minimum Gasteiger partial charge on any atom is -0.283 e. The highest BCUT2D eigenvalue weighted by molar-refractivity contribution is 7.13. The second-order valence-electron chi connectivity index (χ2n) is 7.91. The summed E-state index contributed by atoms with van der Waals surface area (Å²) < 4.78 is 19.6.